The molecule has 0 aromatic heterocycles. The third kappa shape index (κ3) is 4.77. The van der Waals surface area contributed by atoms with Gasteiger partial charge in [0.05, 0.1) is 33.1 Å². The summed E-state index contributed by atoms with van der Waals surface area (Å²) in [7, 11) is 4.70. The van der Waals surface area contributed by atoms with E-state index >= 15 is 0 Å². The number of anilines is 1. The van der Waals surface area contributed by atoms with Crippen LogP contribution in [0.3, 0.4) is 0 Å². The Morgan fingerprint density at radius 2 is 1.77 bits per heavy atom. The van der Waals surface area contributed by atoms with Crippen molar-refractivity contribution >= 4 is 40.8 Å². The van der Waals surface area contributed by atoms with Gasteiger partial charge in [0.15, 0.2) is 5.11 Å². The average molecular weight is 394 g/mol. The van der Waals surface area contributed by atoms with Gasteiger partial charge in [0.25, 0.3) is 0 Å². The van der Waals surface area contributed by atoms with Crippen LogP contribution in [0.4, 0.5) is 5.69 Å². The second-order valence-corrected chi connectivity index (χ2v) is 6.00. The Morgan fingerprint density at radius 3 is 2.35 bits per heavy atom. The Morgan fingerprint density at radius 1 is 1.12 bits per heavy atom. The Hall–Kier alpha value is -2.51. The molecule has 0 heterocycles. The van der Waals surface area contributed by atoms with Gasteiger partial charge in [-0.05, 0) is 36.8 Å². The average Bonchev–Trinajstić information content (AvgIpc) is 2.65. The first-order chi connectivity index (χ1) is 12.5. The molecule has 138 valence electrons. The Balaban J connectivity index is 2.12. The largest absolute Gasteiger partial charge is 0.496 e. The molecule has 0 saturated heterocycles. The number of hydrogen-bond donors (Lipinski definition) is 2. The summed E-state index contributed by atoms with van der Waals surface area (Å²) in [5.74, 6) is 1.75. The molecule has 2 aromatic rings. The molecule has 6 nitrogen and oxygen atoms in total. The minimum absolute atomic E-state index is 0.332. The van der Waals surface area contributed by atoms with E-state index in [2.05, 4.69) is 15.8 Å². The number of nitrogens with one attached hydrogen (secondary N) is 2. The molecule has 0 spiro atoms. The first-order valence-electron chi connectivity index (χ1n) is 7.65. The van der Waals surface area contributed by atoms with Gasteiger partial charge in [-0.3, -0.25) is 5.43 Å². The van der Waals surface area contributed by atoms with Gasteiger partial charge in [0, 0.05) is 22.8 Å². The molecular formula is C18H20ClN3O3S. The number of rotatable bonds is 6. The molecule has 2 N–H and O–H groups in total. The maximum atomic E-state index is 6.10. The number of thiocarbonyl (C=S) groups is 1. The van der Waals surface area contributed by atoms with Gasteiger partial charge >= 0.3 is 0 Å². The third-order valence-electron chi connectivity index (χ3n) is 3.63. The molecule has 0 radical (unpaired) electrons. The van der Waals surface area contributed by atoms with E-state index < -0.39 is 0 Å². The highest BCUT2D eigenvalue weighted by Crippen LogP contribution is 2.32. The molecule has 0 fully saturated rings. The van der Waals surface area contributed by atoms with Gasteiger partial charge in [0.1, 0.15) is 17.2 Å². The second-order valence-electron chi connectivity index (χ2n) is 5.18. The number of methoxy groups -OCH3 is 3. The summed E-state index contributed by atoms with van der Waals surface area (Å²) in [5.41, 5.74) is 5.13. The van der Waals surface area contributed by atoms with E-state index in [-0.39, 0.29) is 0 Å². The monoisotopic (exact) mass is 393 g/mol. The van der Waals surface area contributed by atoms with Crippen molar-refractivity contribution in [2.45, 2.75) is 6.92 Å². The van der Waals surface area contributed by atoms with Crippen LogP contribution in [0, 0.1) is 6.92 Å². The van der Waals surface area contributed by atoms with Gasteiger partial charge < -0.3 is 19.5 Å². The lowest BCUT2D eigenvalue weighted by Crippen LogP contribution is -2.24. The van der Waals surface area contributed by atoms with Crippen molar-refractivity contribution in [2.75, 3.05) is 26.6 Å². The van der Waals surface area contributed by atoms with Crippen LogP contribution < -0.4 is 25.0 Å². The van der Waals surface area contributed by atoms with Gasteiger partial charge in [0.2, 0.25) is 0 Å². The molecule has 26 heavy (non-hydrogen) atoms. The van der Waals surface area contributed by atoms with Crippen LogP contribution in [0.15, 0.2) is 35.4 Å². The number of hydrazone groups is 1. The van der Waals surface area contributed by atoms with E-state index in [4.69, 9.17) is 38.0 Å². The zero-order chi connectivity index (χ0) is 19.1. The zero-order valence-electron chi connectivity index (χ0n) is 14.9. The van der Waals surface area contributed by atoms with E-state index in [1.165, 1.54) is 0 Å². The normalized spacial score (nSPS) is 10.5. The van der Waals surface area contributed by atoms with Gasteiger partial charge in [-0.1, -0.05) is 17.7 Å². The quantitative estimate of drug-likeness (QED) is 0.439. The molecule has 2 aromatic carbocycles. The molecule has 0 unspecified atom stereocenters. The van der Waals surface area contributed by atoms with Gasteiger partial charge in [-0.2, -0.15) is 5.10 Å². The fraction of sp³-hybridized carbons (Fsp3) is 0.222. The summed E-state index contributed by atoms with van der Waals surface area (Å²) >= 11 is 11.4. The van der Waals surface area contributed by atoms with Gasteiger partial charge in [-0.15, -0.1) is 0 Å². The molecule has 8 heteroatoms. The van der Waals surface area contributed by atoms with E-state index in [1.54, 1.807) is 39.7 Å². The lowest BCUT2D eigenvalue weighted by molar-refractivity contribution is 0.374. The van der Waals surface area contributed by atoms with Crippen LogP contribution in [-0.4, -0.2) is 32.7 Å². The standard InChI is InChI=1S/C18H20ClN3O3S/c1-11-14(19)6-5-7-15(11)21-18(26)22-20-10-13-16(24-3)8-12(23-2)9-17(13)25-4/h5-10H,1-4H3,(H2,21,22,26)/b20-10+. The van der Waals surface area contributed by atoms with Gasteiger partial charge in [-0.25, -0.2) is 0 Å². The summed E-state index contributed by atoms with van der Waals surface area (Å²) < 4.78 is 16.0. The Kier molecular flexibility index (Phi) is 7.06. The van der Waals surface area contributed by atoms with Crippen molar-refractivity contribution in [1.29, 1.82) is 0 Å². The van der Waals surface area contributed by atoms with Crippen LogP contribution in [0.5, 0.6) is 17.2 Å². The van der Waals surface area contributed by atoms with Crippen LogP contribution in [0.1, 0.15) is 11.1 Å². The molecule has 0 aliphatic rings. The molecular weight excluding hydrogens is 374 g/mol. The number of nitrogens with zero attached hydrogens (tertiary/aromatic N) is 1. The molecule has 0 atom stereocenters. The molecule has 0 amide bonds. The Labute approximate surface area is 163 Å². The lowest BCUT2D eigenvalue weighted by atomic mass is 10.2. The third-order valence-corrected chi connectivity index (χ3v) is 4.23. The molecule has 2 rings (SSSR count). The van der Waals surface area contributed by atoms with Crippen LogP contribution >= 0.6 is 23.8 Å². The van der Waals surface area contributed by atoms with Crippen LogP contribution in [0.2, 0.25) is 5.02 Å². The van der Waals surface area contributed by atoms with Crippen LogP contribution in [0.25, 0.3) is 0 Å². The highest BCUT2D eigenvalue weighted by atomic mass is 35.5. The maximum Gasteiger partial charge on any atom is 0.191 e. The predicted octanol–water partition coefficient (Wildman–Crippen LogP) is 3.99. The number of halogens is 1. The molecule has 0 aliphatic heterocycles. The fourth-order valence-electron chi connectivity index (χ4n) is 2.21. The fourth-order valence-corrected chi connectivity index (χ4v) is 2.55. The smallest absolute Gasteiger partial charge is 0.191 e. The number of ether oxygens (including phenoxy) is 3. The Bertz CT molecular complexity index is 802. The first-order valence-corrected chi connectivity index (χ1v) is 8.44. The summed E-state index contributed by atoms with van der Waals surface area (Å²) in [6.45, 7) is 1.91. The van der Waals surface area contributed by atoms with Crippen LogP contribution in [-0.2, 0) is 0 Å². The summed E-state index contributed by atoms with van der Waals surface area (Å²) in [5, 5.41) is 8.20. The summed E-state index contributed by atoms with van der Waals surface area (Å²) in [4.78, 5) is 0. The minimum Gasteiger partial charge on any atom is -0.496 e. The minimum atomic E-state index is 0.332. The second kappa shape index (κ2) is 9.26. The van der Waals surface area contributed by atoms with E-state index in [0.29, 0.717) is 32.9 Å². The highest BCUT2D eigenvalue weighted by Gasteiger charge is 2.11. The zero-order valence-corrected chi connectivity index (χ0v) is 16.5. The van der Waals surface area contributed by atoms with Crippen molar-refractivity contribution in [3.8, 4) is 17.2 Å². The van der Waals surface area contributed by atoms with E-state index in [1.807, 2.05) is 25.1 Å². The van der Waals surface area contributed by atoms with Crippen molar-refractivity contribution < 1.29 is 14.2 Å². The SMILES string of the molecule is COc1cc(OC)c(/C=N/NC(=S)Nc2cccc(Cl)c2C)c(OC)c1. The van der Waals surface area contributed by atoms with Crippen molar-refractivity contribution in [1.82, 2.24) is 5.43 Å². The van der Waals surface area contributed by atoms with E-state index in [9.17, 15) is 0 Å². The van der Waals surface area contributed by atoms with Crippen molar-refractivity contribution in [3.05, 3.63) is 46.5 Å². The predicted molar refractivity (Wildman–Crippen MR) is 109 cm³/mol. The molecule has 0 bridgehead atoms. The molecule has 0 saturated carbocycles. The highest BCUT2D eigenvalue weighted by molar-refractivity contribution is 7.80. The lowest BCUT2D eigenvalue weighted by Gasteiger charge is -2.13. The summed E-state index contributed by atoms with van der Waals surface area (Å²) in [6.07, 6.45) is 1.57. The summed E-state index contributed by atoms with van der Waals surface area (Å²) in [6, 6.07) is 9.04. The molecule has 0 aliphatic carbocycles. The topological polar surface area (TPSA) is 64.1 Å². The maximum absolute atomic E-state index is 6.10. The number of hydrogen-bond acceptors (Lipinski definition) is 5. The van der Waals surface area contributed by atoms with Crippen molar-refractivity contribution in [2.24, 2.45) is 5.10 Å². The van der Waals surface area contributed by atoms with E-state index in [0.717, 1.165) is 11.3 Å². The first kappa shape index (κ1) is 19.8. The number of benzene rings is 2. The van der Waals surface area contributed by atoms with Crippen molar-refractivity contribution in [3.63, 3.8) is 0 Å².